The minimum Gasteiger partial charge on any atom is -0.351 e. The maximum atomic E-state index is 12.5. The summed E-state index contributed by atoms with van der Waals surface area (Å²) >= 11 is 6.27. The van der Waals surface area contributed by atoms with Crippen molar-refractivity contribution in [3.63, 3.8) is 0 Å². The number of amides is 2. The summed E-state index contributed by atoms with van der Waals surface area (Å²) in [5.41, 5.74) is 6.75. The summed E-state index contributed by atoms with van der Waals surface area (Å²) in [5, 5.41) is 8.96. The lowest BCUT2D eigenvalue weighted by molar-refractivity contribution is -0.0807. The normalized spacial score (nSPS) is 21.2. The number of rotatable bonds is 7. The fraction of sp³-hybridized carbons (Fsp3) is 0.409. The molecule has 0 bridgehead atoms. The highest BCUT2D eigenvalue weighted by molar-refractivity contribution is 7.87. The number of urea groups is 1. The zero-order valence-corrected chi connectivity index (χ0v) is 20.4. The second kappa shape index (κ2) is 9.57. The lowest BCUT2D eigenvalue weighted by Gasteiger charge is -2.36. The maximum Gasteiger partial charge on any atom is 0.319 e. The Hall–Kier alpha value is -2.21. The molecule has 0 aromatic heterocycles. The van der Waals surface area contributed by atoms with Gasteiger partial charge in [0.2, 0.25) is 0 Å². The van der Waals surface area contributed by atoms with E-state index < -0.39 is 21.8 Å². The van der Waals surface area contributed by atoms with Crippen LogP contribution in [0.4, 0.5) is 10.5 Å². The number of nitrogens with zero attached hydrogens (tertiary/aromatic N) is 1. The first-order valence-electron chi connectivity index (χ1n) is 10.4. The number of anilines is 1. The van der Waals surface area contributed by atoms with Gasteiger partial charge in [0.05, 0.1) is 6.54 Å². The van der Waals surface area contributed by atoms with Gasteiger partial charge in [-0.3, -0.25) is 10.2 Å². The predicted molar refractivity (Wildman–Crippen MR) is 129 cm³/mol. The van der Waals surface area contributed by atoms with Gasteiger partial charge < -0.3 is 10.5 Å². The average molecular weight is 496 g/mol. The van der Waals surface area contributed by atoms with Crippen molar-refractivity contribution in [2.75, 3.05) is 18.0 Å². The van der Waals surface area contributed by atoms with Crippen molar-refractivity contribution >= 4 is 33.5 Å². The maximum absolute atomic E-state index is 12.5. The molecule has 180 valence electrons. The highest BCUT2D eigenvalue weighted by Crippen LogP contribution is 2.38. The molecule has 0 aliphatic carbocycles. The Kier molecular flexibility index (Phi) is 7.37. The third-order valence-electron chi connectivity index (χ3n) is 5.46. The predicted octanol–water partition coefficient (Wildman–Crippen LogP) is 2.41. The molecule has 2 amide bonds. The third kappa shape index (κ3) is 6.44. The van der Waals surface area contributed by atoms with Gasteiger partial charge in [0.25, 0.3) is 10.2 Å². The molecule has 33 heavy (non-hydrogen) atoms. The highest BCUT2D eigenvalue weighted by atomic mass is 35.5. The number of benzene rings is 2. The summed E-state index contributed by atoms with van der Waals surface area (Å²) in [7, 11) is -3.81. The van der Waals surface area contributed by atoms with Crippen LogP contribution in [0, 0.1) is 5.41 Å². The molecule has 1 aliphatic heterocycles. The second-order valence-electron chi connectivity index (χ2n) is 9.21. The third-order valence-corrected chi connectivity index (χ3v) is 6.24. The summed E-state index contributed by atoms with van der Waals surface area (Å²) in [6.45, 7) is 6.84. The van der Waals surface area contributed by atoms with E-state index in [4.69, 9.17) is 27.2 Å². The van der Waals surface area contributed by atoms with Gasteiger partial charge in [0, 0.05) is 29.2 Å². The van der Waals surface area contributed by atoms with Crippen LogP contribution in [0.2, 0.25) is 5.02 Å². The first-order valence-corrected chi connectivity index (χ1v) is 12.3. The summed E-state index contributed by atoms with van der Waals surface area (Å²) in [4.78, 5) is 13.9. The monoisotopic (exact) mass is 495 g/mol. The zero-order valence-electron chi connectivity index (χ0n) is 18.8. The van der Waals surface area contributed by atoms with Crippen LogP contribution in [0.3, 0.4) is 0 Å². The molecule has 1 saturated heterocycles. The quantitative estimate of drug-likeness (QED) is 0.467. The number of primary amides is 1. The van der Waals surface area contributed by atoms with Crippen molar-refractivity contribution in [3.8, 4) is 0 Å². The number of hydrogen-bond donors (Lipinski definition) is 4. The lowest BCUT2D eigenvalue weighted by atomic mass is 9.92. The van der Waals surface area contributed by atoms with Crippen LogP contribution >= 0.6 is 11.6 Å². The van der Waals surface area contributed by atoms with E-state index in [0.717, 1.165) is 5.56 Å². The van der Waals surface area contributed by atoms with Crippen molar-refractivity contribution in [1.29, 1.82) is 0 Å². The van der Waals surface area contributed by atoms with E-state index in [9.17, 15) is 13.2 Å². The van der Waals surface area contributed by atoms with Gasteiger partial charge in [-0.2, -0.15) is 13.1 Å². The molecule has 1 heterocycles. The topological polar surface area (TPSA) is 140 Å². The molecular weight excluding hydrogens is 466 g/mol. The first-order chi connectivity index (χ1) is 15.3. The molecule has 2 aromatic rings. The summed E-state index contributed by atoms with van der Waals surface area (Å²) in [6.07, 6.45) is -0.252. The smallest absolute Gasteiger partial charge is 0.319 e. The number of nitrogens with two attached hydrogens (primary N) is 2. The zero-order chi connectivity index (χ0) is 24.4. The molecule has 1 fully saturated rings. The van der Waals surface area contributed by atoms with Crippen molar-refractivity contribution < 1.29 is 17.9 Å². The Bertz CT molecular complexity index is 1100. The van der Waals surface area contributed by atoms with E-state index in [1.807, 2.05) is 18.2 Å². The molecule has 6 N–H and O–H groups in total. The first kappa shape index (κ1) is 25.4. The van der Waals surface area contributed by atoms with E-state index in [2.05, 4.69) is 30.8 Å². The van der Waals surface area contributed by atoms with Crippen molar-refractivity contribution in [2.45, 2.75) is 39.1 Å². The van der Waals surface area contributed by atoms with Crippen molar-refractivity contribution in [1.82, 2.24) is 10.0 Å². The Morgan fingerprint density at radius 3 is 2.45 bits per heavy atom. The Morgan fingerprint density at radius 1 is 1.27 bits per heavy atom. The fourth-order valence-electron chi connectivity index (χ4n) is 3.71. The van der Waals surface area contributed by atoms with Crippen LogP contribution in [-0.2, 0) is 27.1 Å². The van der Waals surface area contributed by atoms with E-state index >= 15 is 0 Å². The number of ether oxygens (including phenoxy) is 1. The van der Waals surface area contributed by atoms with Crippen LogP contribution < -0.4 is 25.8 Å². The van der Waals surface area contributed by atoms with E-state index in [1.54, 1.807) is 30.3 Å². The number of carbonyl (C=O) groups excluding carboxylic acids is 1. The Labute approximate surface area is 199 Å². The van der Waals surface area contributed by atoms with Crippen LogP contribution in [0.5, 0.6) is 0 Å². The van der Waals surface area contributed by atoms with Gasteiger partial charge in [0.1, 0.15) is 11.8 Å². The minimum absolute atomic E-state index is 0.0302. The molecule has 2 unspecified atom stereocenters. The summed E-state index contributed by atoms with van der Waals surface area (Å²) in [5.74, 6) is 0. The number of carbonyl (C=O) groups is 1. The van der Waals surface area contributed by atoms with Crippen LogP contribution in [0.25, 0.3) is 0 Å². The van der Waals surface area contributed by atoms with Crippen molar-refractivity contribution in [3.05, 3.63) is 64.7 Å². The molecule has 0 spiro atoms. The molecule has 11 heteroatoms. The van der Waals surface area contributed by atoms with Crippen molar-refractivity contribution in [2.24, 2.45) is 16.3 Å². The SMILES string of the molecule is CC(C)(C)C1NCC(CN(C(N)=O)c2ccc(CNS(N)(=O)=O)cc2)(c2cccc(Cl)c2)O1. The van der Waals surface area contributed by atoms with Gasteiger partial charge in [-0.1, -0.05) is 56.6 Å². The van der Waals surface area contributed by atoms with Gasteiger partial charge >= 0.3 is 6.03 Å². The number of hydrogen-bond acceptors (Lipinski definition) is 5. The molecule has 1 aliphatic rings. The summed E-state index contributed by atoms with van der Waals surface area (Å²) in [6, 6.07) is 13.5. The minimum atomic E-state index is -3.81. The lowest BCUT2D eigenvalue weighted by Crippen LogP contribution is -2.48. The largest absolute Gasteiger partial charge is 0.351 e. The molecule has 9 nitrogen and oxygen atoms in total. The highest BCUT2D eigenvalue weighted by Gasteiger charge is 2.47. The average Bonchev–Trinajstić information content (AvgIpc) is 3.16. The fourth-order valence-corrected chi connectivity index (χ4v) is 4.26. The van der Waals surface area contributed by atoms with Gasteiger partial charge in [-0.05, 0) is 35.4 Å². The van der Waals surface area contributed by atoms with E-state index in [-0.39, 0.29) is 24.7 Å². The number of nitrogens with one attached hydrogen (secondary N) is 2. The number of halogens is 1. The van der Waals surface area contributed by atoms with Gasteiger partial charge in [0.15, 0.2) is 0 Å². The van der Waals surface area contributed by atoms with Crippen LogP contribution in [0.1, 0.15) is 31.9 Å². The Morgan fingerprint density at radius 2 is 1.94 bits per heavy atom. The second-order valence-corrected chi connectivity index (χ2v) is 11.0. The van der Waals surface area contributed by atoms with Crippen LogP contribution in [0.15, 0.2) is 48.5 Å². The molecule has 2 atom stereocenters. The van der Waals surface area contributed by atoms with Crippen LogP contribution in [-0.4, -0.2) is 33.8 Å². The standard InChI is InChI=1S/C22H30ClN5O4S/c1-21(2,3)19-26-13-22(32-19,16-5-4-6-17(23)11-16)14-28(20(24)29)18-9-7-15(8-10-18)12-27-33(25,30)31/h4-11,19,26-27H,12-14H2,1-3H3,(H2,24,29)(H2,25,30,31). The Balaban J connectivity index is 1.92. The molecule has 0 saturated carbocycles. The molecule has 2 aromatic carbocycles. The molecule has 3 rings (SSSR count). The van der Waals surface area contributed by atoms with E-state index in [0.29, 0.717) is 22.8 Å². The summed E-state index contributed by atoms with van der Waals surface area (Å²) < 4.78 is 31.0. The van der Waals surface area contributed by atoms with E-state index in [1.165, 1.54) is 4.90 Å². The van der Waals surface area contributed by atoms with Gasteiger partial charge in [-0.15, -0.1) is 0 Å². The molecule has 0 radical (unpaired) electrons. The molecular formula is C22H30ClN5O4S. The van der Waals surface area contributed by atoms with Gasteiger partial charge in [-0.25, -0.2) is 9.93 Å².